The minimum Gasteiger partial charge on any atom is -0.493 e. The molecule has 0 N–H and O–H groups in total. The number of ether oxygens (including phenoxy) is 1. The summed E-state index contributed by atoms with van der Waals surface area (Å²) in [5.41, 5.74) is 1.49. The van der Waals surface area contributed by atoms with Crippen molar-refractivity contribution in [1.29, 1.82) is 0 Å². The molecule has 0 unspecified atom stereocenters. The number of hydrogen-bond donors (Lipinski definition) is 0. The lowest BCUT2D eigenvalue weighted by Gasteiger charge is -2.17. The molecule has 0 radical (unpaired) electrons. The Morgan fingerprint density at radius 2 is 1.80 bits per heavy atom. The summed E-state index contributed by atoms with van der Waals surface area (Å²) < 4.78 is 29.0. The van der Waals surface area contributed by atoms with E-state index in [0.29, 0.717) is 18.1 Å². The van der Waals surface area contributed by atoms with Gasteiger partial charge < -0.3 is 4.74 Å². The lowest BCUT2D eigenvalue weighted by Crippen LogP contribution is -2.06. The molecule has 114 valence electrons. The maximum atomic E-state index is 11.6. The third kappa shape index (κ3) is 4.67. The van der Waals surface area contributed by atoms with Crippen LogP contribution in [0.5, 0.6) is 5.75 Å². The van der Waals surface area contributed by atoms with Gasteiger partial charge in [0.15, 0.2) is 0 Å². The quantitative estimate of drug-likeness (QED) is 0.727. The summed E-state index contributed by atoms with van der Waals surface area (Å²) in [5, 5.41) is 0. The predicted octanol–water partition coefficient (Wildman–Crippen LogP) is 4.47. The van der Waals surface area contributed by atoms with E-state index in [0.717, 1.165) is 17.7 Å². The molecule has 0 heterocycles. The first-order valence-corrected chi connectivity index (χ1v) is 9.15. The second kappa shape index (κ2) is 6.81. The summed E-state index contributed by atoms with van der Waals surface area (Å²) in [7, 11) is 1.75. The molecule has 0 bridgehead atoms. The molecule has 1 rings (SSSR count). The highest BCUT2D eigenvalue weighted by Gasteiger charge is 2.19. The third-order valence-electron chi connectivity index (χ3n) is 3.14. The summed E-state index contributed by atoms with van der Waals surface area (Å²) in [5.74, 6) is 1.49. The first kappa shape index (κ1) is 17.3. The van der Waals surface area contributed by atoms with Gasteiger partial charge in [-0.1, -0.05) is 27.7 Å². The number of halogens is 1. The number of hydrogen-bond acceptors (Lipinski definition) is 3. The Kier molecular flexibility index (Phi) is 5.90. The molecule has 0 aliphatic heterocycles. The Labute approximate surface area is 126 Å². The van der Waals surface area contributed by atoms with Crippen LogP contribution in [-0.2, 0) is 9.05 Å². The van der Waals surface area contributed by atoms with Crippen LogP contribution < -0.4 is 4.74 Å². The van der Waals surface area contributed by atoms with Gasteiger partial charge in [-0.3, -0.25) is 0 Å². The normalized spacial score (nSPS) is 12.2. The Morgan fingerprint density at radius 1 is 1.20 bits per heavy atom. The van der Waals surface area contributed by atoms with Crippen LogP contribution in [0.25, 0.3) is 0 Å². The zero-order valence-corrected chi connectivity index (χ0v) is 14.3. The van der Waals surface area contributed by atoms with E-state index >= 15 is 0 Å². The van der Waals surface area contributed by atoms with E-state index in [1.807, 2.05) is 13.8 Å². The molecule has 0 fully saturated rings. The van der Waals surface area contributed by atoms with Gasteiger partial charge in [0.25, 0.3) is 9.05 Å². The maximum Gasteiger partial charge on any atom is 0.261 e. The second-order valence-electron chi connectivity index (χ2n) is 5.78. The number of benzene rings is 1. The highest BCUT2D eigenvalue weighted by Crippen LogP contribution is 2.33. The first-order valence-electron chi connectivity index (χ1n) is 6.85. The maximum absolute atomic E-state index is 11.6. The van der Waals surface area contributed by atoms with Gasteiger partial charge in [0.2, 0.25) is 0 Å². The lowest BCUT2D eigenvalue weighted by atomic mass is 10.0. The van der Waals surface area contributed by atoms with E-state index in [1.54, 1.807) is 19.1 Å². The monoisotopic (exact) mass is 318 g/mol. The summed E-state index contributed by atoms with van der Waals surface area (Å²) >= 11 is 0. The number of aryl methyl sites for hydroxylation is 1. The topological polar surface area (TPSA) is 43.4 Å². The van der Waals surface area contributed by atoms with Crippen LogP contribution in [-0.4, -0.2) is 15.0 Å². The Hall–Kier alpha value is -0.740. The molecule has 0 atom stereocenters. The van der Waals surface area contributed by atoms with Gasteiger partial charge in [-0.25, -0.2) is 8.42 Å². The van der Waals surface area contributed by atoms with Crippen LogP contribution in [0, 0.1) is 12.8 Å². The highest BCUT2D eigenvalue weighted by molar-refractivity contribution is 8.13. The Bertz CT molecular complexity index is 563. The predicted molar refractivity (Wildman–Crippen MR) is 83.3 cm³/mol. The molecule has 0 saturated carbocycles. The molecule has 1 aromatic carbocycles. The fraction of sp³-hybridized carbons (Fsp3) is 0.600. The van der Waals surface area contributed by atoms with Gasteiger partial charge >= 0.3 is 0 Å². The van der Waals surface area contributed by atoms with E-state index < -0.39 is 9.05 Å². The van der Waals surface area contributed by atoms with Crippen LogP contribution in [0.1, 0.15) is 51.2 Å². The van der Waals surface area contributed by atoms with Gasteiger partial charge in [0, 0.05) is 10.7 Å². The van der Waals surface area contributed by atoms with Gasteiger partial charge in [-0.15, -0.1) is 0 Å². The molecule has 0 amide bonds. The smallest absolute Gasteiger partial charge is 0.261 e. The molecule has 1 aromatic rings. The summed E-state index contributed by atoms with van der Waals surface area (Å²) in [4.78, 5) is 0.166. The van der Waals surface area contributed by atoms with E-state index in [1.165, 1.54) is 0 Å². The van der Waals surface area contributed by atoms with Crippen molar-refractivity contribution in [3.05, 3.63) is 23.3 Å². The second-order valence-corrected chi connectivity index (χ2v) is 8.31. The lowest BCUT2D eigenvalue weighted by molar-refractivity contribution is 0.285. The number of rotatable bonds is 6. The molecular formula is C15H23ClO3S. The van der Waals surface area contributed by atoms with E-state index in [-0.39, 0.29) is 10.8 Å². The van der Waals surface area contributed by atoms with Crippen molar-refractivity contribution >= 4 is 19.7 Å². The largest absolute Gasteiger partial charge is 0.493 e. The molecule has 0 saturated heterocycles. The highest BCUT2D eigenvalue weighted by atomic mass is 35.7. The van der Waals surface area contributed by atoms with E-state index in [2.05, 4.69) is 13.8 Å². The fourth-order valence-electron chi connectivity index (χ4n) is 1.92. The van der Waals surface area contributed by atoms with Crippen LogP contribution >= 0.6 is 10.7 Å². The zero-order valence-electron chi connectivity index (χ0n) is 12.7. The standard InChI is InChI=1S/C15H23ClO3S/c1-10(2)6-7-19-14-8-12(5)15(20(16,17)18)9-13(14)11(3)4/h8-11H,6-7H2,1-5H3. The van der Waals surface area contributed by atoms with Crippen LogP contribution in [0.2, 0.25) is 0 Å². The third-order valence-corrected chi connectivity index (χ3v) is 4.61. The van der Waals surface area contributed by atoms with Crippen LogP contribution in [0.3, 0.4) is 0 Å². The molecule has 3 nitrogen and oxygen atoms in total. The van der Waals surface area contributed by atoms with Crippen molar-refractivity contribution in [2.24, 2.45) is 5.92 Å². The van der Waals surface area contributed by atoms with Crippen LogP contribution in [0.15, 0.2) is 17.0 Å². The summed E-state index contributed by atoms with van der Waals surface area (Å²) in [6.07, 6.45) is 0.964. The molecular weight excluding hydrogens is 296 g/mol. The van der Waals surface area contributed by atoms with Crippen LogP contribution in [0.4, 0.5) is 0 Å². The van der Waals surface area contributed by atoms with Gasteiger partial charge in [0.05, 0.1) is 11.5 Å². The minimum atomic E-state index is -3.72. The SMILES string of the molecule is Cc1cc(OCCC(C)C)c(C(C)C)cc1S(=O)(=O)Cl. The van der Waals surface area contributed by atoms with Gasteiger partial charge in [-0.2, -0.15) is 0 Å². The van der Waals surface area contributed by atoms with Crippen molar-refractivity contribution in [3.8, 4) is 5.75 Å². The molecule has 20 heavy (non-hydrogen) atoms. The van der Waals surface area contributed by atoms with E-state index in [9.17, 15) is 8.42 Å². The molecule has 0 aliphatic rings. The molecule has 0 aromatic heterocycles. The van der Waals surface area contributed by atoms with Crippen molar-refractivity contribution in [2.45, 2.75) is 51.9 Å². The van der Waals surface area contributed by atoms with Crippen molar-refractivity contribution in [3.63, 3.8) is 0 Å². The van der Waals surface area contributed by atoms with Gasteiger partial charge in [0.1, 0.15) is 5.75 Å². The zero-order chi connectivity index (χ0) is 15.5. The van der Waals surface area contributed by atoms with Gasteiger partial charge in [-0.05, 0) is 48.4 Å². The molecule has 0 spiro atoms. The average molecular weight is 319 g/mol. The fourth-order valence-corrected chi connectivity index (χ4v) is 3.13. The summed E-state index contributed by atoms with van der Waals surface area (Å²) in [6, 6.07) is 3.40. The first-order chi connectivity index (χ1) is 9.12. The molecule has 5 heteroatoms. The van der Waals surface area contributed by atoms with Crippen molar-refractivity contribution in [2.75, 3.05) is 6.61 Å². The average Bonchev–Trinajstić information content (AvgIpc) is 2.26. The minimum absolute atomic E-state index is 0.166. The molecule has 0 aliphatic carbocycles. The van der Waals surface area contributed by atoms with E-state index in [4.69, 9.17) is 15.4 Å². The van der Waals surface area contributed by atoms with Crippen molar-refractivity contribution < 1.29 is 13.2 Å². The van der Waals surface area contributed by atoms with Crippen molar-refractivity contribution in [1.82, 2.24) is 0 Å². The Morgan fingerprint density at radius 3 is 2.25 bits per heavy atom. The summed E-state index contributed by atoms with van der Waals surface area (Å²) in [6.45, 7) is 10.6. The Balaban J connectivity index is 3.15.